The molecule has 1 amide bonds. The number of likely N-dealkylation sites (N-methyl/N-ethyl adjacent to an activating group) is 1. The van der Waals surface area contributed by atoms with Crippen LogP contribution in [0.3, 0.4) is 0 Å². The van der Waals surface area contributed by atoms with Crippen molar-refractivity contribution < 1.29 is 18.3 Å². The van der Waals surface area contributed by atoms with Gasteiger partial charge < -0.3 is 24.3 Å². The van der Waals surface area contributed by atoms with Crippen LogP contribution in [0.2, 0.25) is 10.0 Å². The first-order valence-electron chi connectivity index (χ1n) is 14.6. The smallest absolute Gasteiger partial charge is 0.319 e. The fourth-order valence-electron chi connectivity index (χ4n) is 6.25. The molecule has 1 aromatic heterocycles. The van der Waals surface area contributed by atoms with E-state index in [2.05, 4.69) is 23.4 Å². The van der Waals surface area contributed by atoms with Gasteiger partial charge in [-0.15, -0.1) is 0 Å². The lowest BCUT2D eigenvalue weighted by atomic mass is 9.97. The van der Waals surface area contributed by atoms with Crippen LogP contribution < -0.4 is 9.64 Å². The Bertz CT molecular complexity index is 1870. The Labute approximate surface area is 269 Å². The molecule has 3 aromatic carbocycles. The lowest BCUT2D eigenvalue weighted by Crippen LogP contribution is -2.56. The van der Waals surface area contributed by atoms with Gasteiger partial charge >= 0.3 is 6.01 Å². The topological polar surface area (TPSA) is 66.2 Å². The molecule has 2 fully saturated rings. The number of hydrogen-bond acceptors (Lipinski definition) is 6. The summed E-state index contributed by atoms with van der Waals surface area (Å²) in [5.41, 5.74) is 1.79. The van der Waals surface area contributed by atoms with Crippen LogP contribution in [0.5, 0.6) is 6.01 Å². The SMILES string of the molecule is [C-]#[N+]C[C@H]1CN(c2nc(OC[C@@H]3CCCN3C)nc3cc(-c4cccc5ccc(F)c(Cl)c45)c(Cl)cc23)CCN1C(=O)C(=C)F. The van der Waals surface area contributed by atoms with E-state index >= 15 is 0 Å². The molecule has 0 N–H and O–H groups in total. The number of carbonyl (C=O) groups is 1. The van der Waals surface area contributed by atoms with E-state index in [1.807, 2.05) is 29.2 Å². The Hall–Kier alpha value is -4.04. The lowest BCUT2D eigenvalue weighted by molar-refractivity contribution is -0.131. The van der Waals surface area contributed by atoms with Gasteiger partial charge in [0.15, 0.2) is 5.83 Å². The Kier molecular flexibility index (Phi) is 8.78. The number of anilines is 1. The number of fused-ring (bicyclic) bond motifs is 2. The zero-order valence-corrected chi connectivity index (χ0v) is 26.1. The average molecular weight is 652 g/mol. The highest BCUT2D eigenvalue weighted by atomic mass is 35.5. The van der Waals surface area contributed by atoms with E-state index in [9.17, 15) is 13.6 Å². The van der Waals surface area contributed by atoms with E-state index in [4.69, 9.17) is 44.5 Å². The molecule has 0 bridgehead atoms. The normalized spacial score (nSPS) is 18.8. The molecular weight excluding hydrogens is 621 g/mol. The van der Waals surface area contributed by atoms with Crippen molar-refractivity contribution in [2.75, 3.05) is 51.3 Å². The number of nitrogens with zero attached hydrogens (tertiary/aromatic N) is 6. The van der Waals surface area contributed by atoms with Crippen molar-refractivity contribution in [2.45, 2.75) is 24.9 Å². The quantitative estimate of drug-likeness (QED) is 0.162. The minimum absolute atomic E-state index is 0.00146. The van der Waals surface area contributed by atoms with Gasteiger partial charge in [0, 0.05) is 47.0 Å². The highest BCUT2D eigenvalue weighted by Crippen LogP contribution is 2.41. The first kappa shape index (κ1) is 31.0. The van der Waals surface area contributed by atoms with Crippen molar-refractivity contribution in [1.29, 1.82) is 0 Å². The largest absolute Gasteiger partial charge is 0.462 e. The molecule has 0 radical (unpaired) electrons. The van der Waals surface area contributed by atoms with E-state index in [-0.39, 0.29) is 36.7 Å². The number of halogens is 4. The van der Waals surface area contributed by atoms with Gasteiger partial charge in [0.1, 0.15) is 24.3 Å². The maximum Gasteiger partial charge on any atom is 0.319 e. The minimum Gasteiger partial charge on any atom is -0.462 e. The molecular formula is C33H30Cl2F2N6O2. The van der Waals surface area contributed by atoms with Crippen LogP contribution in [0.1, 0.15) is 12.8 Å². The summed E-state index contributed by atoms with van der Waals surface area (Å²) in [6, 6.07) is 11.9. The summed E-state index contributed by atoms with van der Waals surface area (Å²) < 4.78 is 34.6. The summed E-state index contributed by atoms with van der Waals surface area (Å²) in [6.45, 7) is 12.7. The molecule has 12 heteroatoms. The Morgan fingerprint density at radius 2 is 1.96 bits per heavy atom. The van der Waals surface area contributed by atoms with Gasteiger partial charge in [-0.2, -0.15) is 9.97 Å². The van der Waals surface area contributed by atoms with Gasteiger partial charge in [0.25, 0.3) is 5.91 Å². The monoisotopic (exact) mass is 650 g/mol. The molecule has 2 atom stereocenters. The van der Waals surface area contributed by atoms with Crippen LogP contribution in [-0.4, -0.2) is 84.1 Å². The van der Waals surface area contributed by atoms with E-state index in [1.165, 1.54) is 11.0 Å². The predicted octanol–water partition coefficient (Wildman–Crippen LogP) is 6.79. The van der Waals surface area contributed by atoms with E-state index in [1.54, 1.807) is 12.1 Å². The first-order valence-corrected chi connectivity index (χ1v) is 15.4. The summed E-state index contributed by atoms with van der Waals surface area (Å²) in [5, 5.41) is 2.30. The van der Waals surface area contributed by atoms with Crippen LogP contribution in [0.4, 0.5) is 14.6 Å². The molecule has 0 unspecified atom stereocenters. The van der Waals surface area contributed by atoms with E-state index in [0.29, 0.717) is 51.4 Å². The maximum atomic E-state index is 14.6. The van der Waals surface area contributed by atoms with Gasteiger partial charge in [-0.25, -0.2) is 15.4 Å². The third kappa shape index (κ3) is 6.00. The third-order valence-corrected chi connectivity index (χ3v) is 9.30. The number of aromatic nitrogens is 2. The molecule has 6 rings (SSSR count). The molecule has 0 spiro atoms. The standard InChI is InChI=1S/C33H30Cl2F2N6O2/c1-19(36)32(44)43-13-12-42(17-22(43)16-38-2)31-25-14-26(34)24(23-8-4-6-20-9-10-27(37)30(35)29(20)23)15-28(25)39-33(40-31)45-18-21-7-5-11-41(21)3/h4,6,8-10,14-15,21-22H,1,5,7,11-13,16-18H2,3H3/t21-,22-/m0/s1. The van der Waals surface area contributed by atoms with Crippen molar-refractivity contribution >= 4 is 56.6 Å². The molecule has 8 nitrogen and oxygen atoms in total. The summed E-state index contributed by atoms with van der Waals surface area (Å²) in [4.78, 5) is 31.1. The van der Waals surface area contributed by atoms with Crippen LogP contribution in [0.15, 0.2) is 54.9 Å². The number of benzene rings is 3. The highest BCUT2D eigenvalue weighted by molar-refractivity contribution is 6.38. The summed E-state index contributed by atoms with van der Waals surface area (Å²) in [5.74, 6) is -1.90. The van der Waals surface area contributed by atoms with Crippen molar-refractivity contribution in [3.63, 3.8) is 0 Å². The van der Waals surface area contributed by atoms with E-state index in [0.717, 1.165) is 24.8 Å². The van der Waals surface area contributed by atoms with Crippen LogP contribution in [0, 0.1) is 12.4 Å². The summed E-state index contributed by atoms with van der Waals surface area (Å²) in [7, 11) is 2.06. The van der Waals surface area contributed by atoms with Crippen molar-refractivity contribution in [3.8, 4) is 17.1 Å². The van der Waals surface area contributed by atoms with Crippen LogP contribution >= 0.6 is 23.2 Å². The van der Waals surface area contributed by atoms with Crippen molar-refractivity contribution in [2.24, 2.45) is 0 Å². The second kappa shape index (κ2) is 12.8. The molecule has 4 aromatic rings. The second-order valence-electron chi connectivity index (χ2n) is 11.4. The van der Waals surface area contributed by atoms with Gasteiger partial charge in [-0.1, -0.05) is 54.0 Å². The summed E-state index contributed by atoms with van der Waals surface area (Å²) in [6.07, 6.45) is 2.09. The van der Waals surface area contributed by atoms with Crippen molar-refractivity contribution in [3.05, 3.63) is 82.2 Å². The highest BCUT2D eigenvalue weighted by Gasteiger charge is 2.35. The van der Waals surface area contributed by atoms with Crippen molar-refractivity contribution in [1.82, 2.24) is 19.8 Å². The molecule has 2 aliphatic rings. The fourth-order valence-corrected chi connectivity index (χ4v) is 6.79. The Morgan fingerprint density at radius 3 is 2.69 bits per heavy atom. The second-order valence-corrected chi connectivity index (χ2v) is 12.2. The molecule has 0 aliphatic carbocycles. The zero-order chi connectivity index (χ0) is 31.8. The first-order chi connectivity index (χ1) is 21.7. The number of ether oxygens (including phenoxy) is 1. The number of carbonyl (C=O) groups excluding carboxylic acids is 1. The molecule has 232 valence electrons. The molecule has 2 saturated heterocycles. The number of amides is 1. The van der Waals surface area contributed by atoms with Gasteiger partial charge in [-0.05, 0) is 55.6 Å². The van der Waals surface area contributed by atoms with Gasteiger partial charge in [0.2, 0.25) is 6.54 Å². The zero-order valence-electron chi connectivity index (χ0n) is 24.6. The Morgan fingerprint density at radius 1 is 1.13 bits per heavy atom. The fraction of sp³-hybridized carbons (Fsp3) is 0.333. The number of hydrogen-bond donors (Lipinski definition) is 0. The third-order valence-electron chi connectivity index (χ3n) is 8.62. The average Bonchev–Trinajstić information content (AvgIpc) is 3.45. The maximum absolute atomic E-state index is 14.6. The van der Waals surface area contributed by atoms with Crippen LogP contribution in [-0.2, 0) is 4.79 Å². The van der Waals surface area contributed by atoms with Crippen LogP contribution in [0.25, 0.3) is 37.6 Å². The molecule has 3 heterocycles. The minimum atomic E-state index is -1.06. The Balaban J connectivity index is 1.46. The number of piperazine rings is 1. The lowest BCUT2D eigenvalue weighted by Gasteiger charge is -2.39. The molecule has 2 aliphatic heterocycles. The molecule has 45 heavy (non-hydrogen) atoms. The summed E-state index contributed by atoms with van der Waals surface area (Å²) >= 11 is 13.4. The molecule has 0 saturated carbocycles. The predicted molar refractivity (Wildman–Crippen MR) is 173 cm³/mol. The van der Waals surface area contributed by atoms with Gasteiger partial charge in [-0.3, -0.25) is 4.79 Å². The van der Waals surface area contributed by atoms with Gasteiger partial charge in [0.05, 0.1) is 10.5 Å². The number of likely N-dealkylation sites (tertiary alicyclic amines) is 1. The van der Waals surface area contributed by atoms with E-state index < -0.39 is 23.6 Å². The number of rotatable bonds is 7.